The van der Waals surface area contributed by atoms with Crippen molar-refractivity contribution < 1.29 is 9.90 Å². The molecule has 4 heteroatoms. The molecule has 0 aliphatic rings. The topological polar surface area (TPSA) is 61.4 Å². The van der Waals surface area contributed by atoms with Crippen LogP contribution < -0.4 is 10.6 Å². The summed E-state index contributed by atoms with van der Waals surface area (Å²) in [5, 5.41) is 15.0. The highest BCUT2D eigenvalue weighted by atomic mass is 16.3. The summed E-state index contributed by atoms with van der Waals surface area (Å²) < 4.78 is 0. The molecule has 4 nitrogen and oxygen atoms in total. The molecular formula is C12H26N2O2. The Morgan fingerprint density at radius 3 is 2.44 bits per heavy atom. The van der Waals surface area contributed by atoms with E-state index in [-0.39, 0.29) is 30.5 Å². The lowest BCUT2D eigenvalue weighted by atomic mass is 10.1. The molecule has 0 bridgehead atoms. The lowest BCUT2D eigenvalue weighted by molar-refractivity contribution is -0.121. The van der Waals surface area contributed by atoms with Crippen LogP contribution in [-0.4, -0.2) is 36.2 Å². The van der Waals surface area contributed by atoms with Gasteiger partial charge in [0.25, 0.3) is 0 Å². The largest absolute Gasteiger partial charge is 0.396 e. The molecule has 0 rings (SSSR count). The van der Waals surface area contributed by atoms with Crippen molar-refractivity contribution in [3.8, 4) is 0 Å². The number of hydrogen-bond acceptors (Lipinski definition) is 3. The molecule has 1 amide bonds. The Morgan fingerprint density at radius 2 is 1.94 bits per heavy atom. The third-order valence-corrected chi connectivity index (χ3v) is 2.86. The normalized spacial score (nSPS) is 16.6. The summed E-state index contributed by atoms with van der Waals surface area (Å²) in [6.45, 7) is 8.51. The van der Waals surface area contributed by atoms with E-state index in [1.807, 2.05) is 20.8 Å². The van der Waals surface area contributed by atoms with Crippen LogP contribution in [-0.2, 0) is 4.79 Å². The van der Waals surface area contributed by atoms with Gasteiger partial charge in [-0.3, -0.25) is 4.79 Å². The molecule has 3 unspecified atom stereocenters. The molecule has 0 fully saturated rings. The Kier molecular flexibility index (Phi) is 8.21. The third kappa shape index (κ3) is 6.80. The standard InChI is InChI=1S/C12H26N2O2/c1-5-6-10(3)14-12(16)7-13-11(4)9(2)8-15/h9-11,13,15H,5-8H2,1-4H3,(H,14,16). The number of nitrogens with one attached hydrogen (secondary N) is 2. The smallest absolute Gasteiger partial charge is 0.234 e. The molecule has 0 saturated carbocycles. The van der Waals surface area contributed by atoms with Crippen molar-refractivity contribution in [2.45, 2.75) is 52.6 Å². The summed E-state index contributed by atoms with van der Waals surface area (Å²) in [5.74, 6) is 0.193. The lowest BCUT2D eigenvalue weighted by Crippen LogP contribution is -2.43. The van der Waals surface area contributed by atoms with E-state index in [1.54, 1.807) is 0 Å². The maximum atomic E-state index is 11.5. The van der Waals surface area contributed by atoms with Crippen LogP contribution in [0.1, 0.15) is 40.5 Å². The van der Waals surface area contributed by atoms with Gasteiger partial charge in [-0.1, -0.05) is 20.3 Å². The van der Waals surface area contributed by atoms with Gasteiger partial charge < -0.3 is 15.7 Å². The van der Waals surface area contributed by atoms with Gasteiger partial charge in [-0.15, -0.1) is 0 Å². The van der Waals surface area contributed by atoms with Gasteiger partial charge in [0, 0.05) is 18.7 Å². The summed E-state index contributed by atoms with van der Waals surface area (Å²) in [7, 11) is 0. The van der Waals surface area contributed by atoms with Crippen LogP contribution in [0.15, 0.2) is 0 Å². The number of aliphatic hydroxyl groups is 1. The predicted molar refractivity (Wildman–Crippen MR) is 66.2 cm³/mol. The Hall–Kier alpha value is -0.610. The maximum Gasteiger partial charge on any atom is 0.234 e. The molecule has 0 radical (unpaired) electrons. The molecule has 0 aromatic rings. The first-order chi connectivity index (χ1) is 7.51. The van der Waals surface area contributed by atoms with E-state index < -0.39 is 0 Å². The van der Waals surface area contributed by atoms with E-state index in [2.05, 4.69) is 17.6 Å². The van der Waals surface area contributed by atoms with E-state index in [9.17, 15) is 4.79 Å². The highest BCUT2D eigenvalue weighted by molar-refractivity contribution is 5.78. The molecule has 0 aliphatic carbocycles. The van der Waals surface area contributed by atoms with Crippen molar-refractivity contribution in [2.75, 3.05) is 13.2 Å². The quantitative estimate of drug-likeness (QED) is 0.580. The van der Waals surface area contributed by atoms with E-state index in [1.165, 1.54) is 0 Å². The van der Waals surface area contributed by atoms with E-state index in [4.69, 9.17) is 5.11 Å². The highest BCUT2D eigenvalue weighted by Gasteiger charge is 2.12. The molecule has 0 heterocycles. The van der Waals surface area contributed by atoms with Crippen molar-refractivity contribution in [2.24, 2.45) is 5.92 Å². The zero-order valence-electron chi connectivity index (χ0n) is 10.9. The number of hydrogen-bond donors (Lipinski definition) is 3. The zero-order chi connectivity index (χ0) is 12.6. The van der Waals surface area contributed by atoms with Crippen molar-refractivity contribution in [3.63, 3.8) is 0 Å². The van der Waals surface area contributed by atoms with Crippen molar-refractivity contribution in [3.05, 3.63) is 0 Å². The lowest BCUT2D eigenvalue weighted by Gasteiger charge is -2.20. The van der Waals surface area contributed by atoms with Gasteiger partial charge in [0.1, 0.15) is 0 Å². The van der Waals surface area contributed by atoms with Gasteiger partial charge >= 0.3 is 0 Å². The second-order valence-corrected chi connectivity index (χ2v) is 4.59. The average Bonchev–Trinajstić information content (AvgIpc) is 2.24. The minimum Gasteiger partial charge on any atom is -0.396 e. The van der Waals surface area contributed by atoms with E-state index >= 15 is 0 Å². The molecular weight excluding hydrogens is 204 g/mol. The zero-order valence-corrected chi connectivity index (χ0v) is 10.9. The molecule has 0 aromatic carbocycles. The fraction of sp³-hybridized carbons (Fsp3) is 0.917. The summed E-state index contributed by atoms with van der Waals surface area (Å²) >= 11 is 0. The van der Waals surface area contributed by atoms with Crippen molar-refractivity contribution in [1.29, 1.82) is 0 Å². The van der Waals surface area contributed by atoms with Crippen LogP contribution >= 0.6 is 0 Å². The summed E-state index contributed by atoms with van der Waals surface area (Å²) in [6, 6.07) is 0.391. The molecule has 16 heavy (non-hydrogen) atoms. The van der Waals surface area contributed by atoms with Crippen LogP contribution in [0.5, 0.6) is 0 Å². The van der Waals surface area contributed by atoms with E-state index in [0.29, 0.717) is 6.54 Å². The number of rotatable bonds is 8. The monoisotopic (exact) mass is 230 g/mol. The van der Waals surface area contributed by atoms with Crippen LogP contribution in [0.2, 0.25) is 0 Å². The van der Waals surface area contributed by atoms with Gasteiger partial charge in [0.05, 0.1) is 6.54 Å². The average molecular weight is 230 g/mol. The summed E-state index contributed by atoms with van der Waals surface area (Å²) in [5.41, 5.74) is 0. The number of aliphatic hydroxyl groups excluding tert-OH is 1. The number of carbonyl (C=O) groups excluding carboxylic acids is 1. The minimum absolute atomic E-state index is 0.0259. The number of carbonyl (C=O) groups is 1. The van der Waals surface area contributed by atoms with Gasteiger partial charge in [-0.2, -0.15) is 0 Å². The van der Waals surface area contributed by atoms with Crippen molar-refractivity contribution in [1.82, 2.24) is 10.6 Å². The molecule has 0 aromatic heterocycles. The third-order valence-electron chi connectivity index (χ3n) is 2.86. The molecule has 0 aliphatic heterocycles. The van der Waals surface area contributed by atoms with Gasteiger partial charge in [0.15, 0.2) is 0 Å². The molecule has 3 N–H and O–H groups in total. The molecule has 0 saturated heterocycles. The number of amides is 1. The first-order valence-corrected chi connectivity index (χ1v) is 6.14. The molecule has 96 valence electrons. The van der Waals surface area contributed by atoms with Crippen LogP contribution in [0.3, 0.4) is 0 Å². The van der Waals surface area contributed by atoms with Crippen LogP contribution in [0, 0.1) is 5.92 Å². The maximum absolute atomic E-state index is 11.5. The Balaban J connectivity index is 3.72. The van der Waals surface area contributed by atoms with Gasteiger partial charge in [-0.05, 0) is 26.2 Å². The molecule has 0 spiro atoms. The van der Waals surface area contributed by atoms with E-state index in [0.717, 1.165) is 12.8 Å². The van der Waals surface area contributed by atoms with Crippen LogP contribution in [0.4, 0.5) is 0 Å². The van der Waals surface area contributed by atoms with Crippen molar-refractivity contribution >= 4 is 5.91 Å². The second kappa shape index (κ2) is 8.53. The second-order valence-electron chi connectivity index (χ2n) is 4.59. The highest BCUT2D eigenvalue weighted by Crippen LogP contribution is 2.00. The predicted octanol–water partition coefficient (Wildman–Crippen LogP) is 0.898. The fourth-order valence-corrected chi connectivity index (χ4v) is 1.44. The van der Waals surface area contributed by atoms with Crippen LogP contribution in [0.25, 0.3) is 0 Å². The first kappa shape index (κ1) is 15.4. The Labute approximate surface area is 98.8 Å². The Bertz CT molecular complexity index is 197. The summed E-state index contributed by atoms with van der Waals surface area (Å²) in [4.78, 5) is 11.5. The van der Waals surface area contributed by atoms with Gasteiger partial charge in [-0.25, -0.2) is 0 Å². The SMILES string of the molecule is CCCC(C)NC(=O)CNC(C)C(C)CO. The first-order valence-electron chi connectivity index (χ1n) is 6.14. The minimum atomic E-state index is 0.0259. The Morgan fingerprint density at radius 1 is 1.31 bits per heavy atom. The van der Waals surface area contributed by atoms with Gasteiger partial charge in [0.2, 0.25) is 5.91 Å². The fourth-order valence-electron chi connectivity index (χ4n) is 1.44. The molecule has 3 atom stereocenters. The summed E-state index contributed by atoms with van der Waals surface area (Å²) in [6.07, 6.45) is 2.08.